The van der Waals surface area contributed by atoms with Crippen LogP contribution in [0, 0.1) is 0 Å². The zero-order valence-electron chi connectivity index (χ0n) is 14.9. The average Bonchev–Trinajstić information content (AvgIpc) is 2.91. The first kappa shape index (κ1) is 21.2. The molecule has 1 heterocycles. The Labute approximate surface area is 186 Å². The molecule has 0 radical (unpaired) electrons. The Morgan fingerprint density at radius 2 is 1.93 bits per heavy atom. The van der Waals surface area contributed by atoms with E-state index in [-0.39, 0.29) is 17.7 Å². The summed E-state index contributed by atoms with van der Waals surface area (Å²) in [4.78, 5) is 26.7. The van der Waals surface area contributed by atoms with Crippen LogP contribution in [0.2, 0.25) is 10.0 Å². The number of rotatable bonds is 6. The second kappa shape index (κ2) is 9.35. The van der Waals surface area contributed by atoms with Crippen LogP contribution in [0.3, 0.4) is 0 Å². The number of hydrogen-bond donors (Lipinski definition) is 0. The molecule has 0 saturated carbocycles. The Balaban J connectivity index is 1.85. The molecular weight excluding hydrogens is 485 g/mol. The van der Waals surface area contributed by atoms with Crippen molar-refractivity contribution in [2.75, 3.05) is 6.61 Å². The van der Waals surface area contributed by atoms with Crippen molar-refractivity contribution < 1.29 is 14.3 Å². The van der Waals surface area contributed by atoms with Crippen molar-refractivity contribution in [3.05, 3.63) is 66.9 Å². The summed E-state index contributed by atoms with van der Waals surface area (Å²) in [5.41, 5.74) is 1.47. The second-order valence-corrected chi connectivity index (χ2v) is 8.77. The number of nitrogens with zero attached hydrogens (tertiary/aromatic N) is 1. The lowest BCUT2D eigenvalue weighted by Gasteiger charge is -2.13. The van der Waals surface area contributed by atoms with E-state index in [4.69, 9.17) is 27.9 Å². The van der Waals surface area contributed by atoms with Crippen LogP contribution in [0.4, 0.5) is 4.79 Å². The van der Waals surface area contributed by atoms with Crippen LogP contribution in [0.1, 0.15) is 24.5 Å². The second-order valence-electron chi connectivity index (χ2n) is 6.05. The summed E-state index contributed by atoms with van der Waals surface area (Å²) in [5, 5.41) is 0.482. The van der Waals surface area contributed by atoms with Crippen LogP contribution < -0.4 is 4.74 Å². The van der Waals surface area contributed by atoms with Gasteiger partial charge in [0.2, 0.25) is 0 Å². The maximum absolute atomic E-state index is 12.8. The van der Waals surface area contributed by atoms with Gasteiger partial charge in [0.15, 0.2) is 0 Å². The van der Waals surface area contributed by atoms with E-state index >= 15 is 0 Å². The molecule has 1 fully saturated rings. The summed E-state index contributed by atoms with van der Waals surface area (Å²) in [6.45, 7) is 2.73. The summed E-state index contributed by atoms with van der Waals surface area (Å²) in [6, 6.07) is 10.6. The Morgan fingerprint density at radius 3 is 2.64 bits per heavy atom. The minimum absolute atomic E-state index is 0.135. The van der Waals surface area contributed by atoms with Gasteiger partial charge in [0, 0.05) is 10.0 Å². The van der Waals surface area contributed by atoms with Gasteiger partial charge in [-0.05, 0) is 60.2 Å². The predicted octanol–water partition coefficient (Wildman–Crippen LogP) is 6.78. The van der Waals surface area contributed by atoms with E-state index in [1.54, 1.807) is 24.3 Å². The van der Waals surface area contributed by atoms with Crippen molar-refractivity contribution in [3.63, 3.8) is 0 Å². The summed E-state index contributed by atoms with van der Waals surface area (Å²) in [7, 11) is 0. The summed E-state index contributed by atoms with van der Waals surface area (Å²) < 4.78 is 6.61. The van der Waals surface area contributed by atoms with Crippen molar-refractivity contribution in [1.29, 1.82) is 0 Å². The summed E-state index contributed by atoms with van der Waals surface area (Å²) >= 11 is 16.3. The van der Waals surface area contributed by atoms with Crippen LogP contribution in [-0.2, 0) is 11.3 Å². The Kier molecular flexibility index (Phi) is 7.10. The van der Waals surface area contributed by atoms with Crippen molar-refractivity contribution >= 4 is 68.1 Å². The van der Waals surface area contributed by atoms with Gasteiger partial charge in [-0.2, -0.15) is 0 Å². The molecule has 0 bridgehead atoms. The van der Waals surface area contributed by atoms with Gasteiger partial charge in [-0.25, -0.2) is 0 Å². The fraction of sp³-hybridized carbons (Fsp3) is 0.200. The highest BCUT2D eigenvalue weighted by Gasteiger charge is 2.35. The van der Waals surface area contributed by atoms with Gasteiger partial charge in [0.05, 0.1) is 28.1 Å². The Bertz CT molecular complexity index is 964. The molecule has 2 amide bonds. The molecule has 0 N–H and O–H groups in total. The molecule has 1 aliphatic rings. The van der Waals surface area contributed by atoms with Crippen LogP contribution in [-0.4, -0.2) is 22.7 Å². The predicted molar refractivity (Wildman–Crippen MR) is 118 cm³/mol. The van der Waals surface area contributed by atoms with E-state index < -0.39 is 0 Å². The SMILES string of the molecule is CCCOc1ccc(Br)cc1/C=C1\SC(=O)N(Cc2ccc(Cl)c(Cl)c2)C1=O. The molecule has 0 aromatic heterocycles. The van der Waals surface area contributed by atoms with Gasteiger partial charge in [-0.1, -0.05) is 52.1 Å². The third kappa shape index (κ3) is 4.92. The normalized spacial score (nSPS) is 15.6. The molecule has 4 nitrogen and oxygen atoms in total. The molecule has 3 rings (SSSR count). The first-order valence-corrected chi connectivity index (χ1v) is 10.9. The summed E-state index contributed by atoms with van der Waals surface area (Å²) in [5.74, 6) is 0.323. The number of hydrogen-bond acceptors (Lipinski definition) is 4. The molecule has 0 unspecified atom stereocenters. The minimum atomic E-state index is -0.345. The number of ether oxygens (including phenoxy) is 1. The molecule has 146 valence electrons. The lowest BCUT2D eigenvalue weighted by atomic mass is 10.1. The maximum atomic E-state index is 12.8. The fourth-order valence-corrected chi connectivity index (χ4v) is 4.10. The van der Waals surface area contributed by atoms with Crippen LogP contribution in [0.25, 0.3) is 6.08 Å². The number of carbonyl (C=O) groups is 2. The standard InChI is InChI=1S/C20H16BrCl2NO3S/c1-2-7-27-17-6-4-14(21)9-13(17)10-18-19(25)24(20(26)28-18)11-12-3-5-15(22)16(23)8-12/h3-6,8-10H,2,7,11H2,1H3/b18-10-. The van der Waals surface area contributed by atoms with Gasteiger partial charge < -0.3 is 4.74 Å². The molecule has 1 saturated heterocycles. The summed E-state index contributed by atoms with van der Waals surface area (Å²) in [6.07, 6.45) is 2.56. The number of halogens is 3. The Morgan fingerprint density at radius 1 is 1.14 bits per heavy atom. The van der Waals surface area contributed by atoms with Crippen LogP contribution in [0.5, 0.6) is 5.75 Å². The molecule has 8 heteroatoms. The van der Waals surface area contributed by atoms with E-state index in [1.165, 1.54) is 4.90 Å². The highest BCUT2D eigenvalue weighted by Crippen LogP contribution is 2.36. The molecule has 2 aromatic carbocycles. The highest BCUT2D eigenvalue weighted by molar-refractivity contribution is 9.10. The van der Waals surface area contributed by atoms with E-state index in [0.29, 0.717) is 27.3 Å². The smallest absolute Gasteiger partial charge is 0.293 e. The minimum Gasteiger partial charge on any atom is -0.493 e. The number of carbonyl (C=O) groups excluding carboxylic acids is 2. The first-order valence-electron chi connectivity index (χ1n) is 8.50. The third-order valence-corrected chi connectivity index (χ3v) is 6.06. The fourth-order valence-electron chi connectivity index (χ4n) is 2.57. The van der Waals surface area contributed by atoms with Crippen LogP contribution >= 0.6 is 50.9 Å². The van der Waals surface area contributed by atoms with Crippen LogP contribution in [0.15, 0.2) is 45.8 Å². The zero-order valence-corrected chi connectivity index (χ0v) is 18.8. The monoisotopic (exact) mass is 499 g/mol. The molecule has 0 spiro atoms. The lowest BCUT2D eigenvalue weighted by Crippen LogP contribution is -2.27. The maximum Gasteiger partial charge on any atom is 0.293 e. The van der Waals surface area contributed by atoms with Gasteiger partial charge in [-0.3, -0.25) is 14.5 Å². The van der Waals surface area contributed by atoms with Crippen molar-refractivity contribution in [3.8, 4) is 5.75 Å². The zero-order chi connectivity index (χ0) is 20.3. The third-order valence-electron chi connectivity index (χ3n) is 3.92. The van der Waals surface area contributed by atoms with Crippen molar-refractivity contribution in [2.24, 2.45) is 0 Å². The lowest BCUT2D eigenvalue weighted by molar-refractivity contribution is -0.123. The number of amides is 2. The van der Waals surface area contributed by atoms with Gasteiger partial charge in [0.1, 0.15) is 5.75 Å². The van der Waals surface area contributed by atoms with Gasteiger partial charge in [-0.15, -0.1) is 0 Å². The highest BCUT2D eigenvalue weighted by atomic mass is 79.9. The van der Waals surface area contributed by atoms with E-state index in [9.17, 15) is 9.59 Å². The number of thioether (sulfide) groups is 1. The van der Waals surface area contributed by atoms with E-state index in [2.05, 4.69) is 15.9 Å². The quantitative estimate of drug-likeness (QED) is 0.410. The van der Waals surface area contributed by atoms with Crippen molar-refractivity contribution in [2.45, 2.75) is 19.9 Å². The molecule has 2 aromatic rings. The van der Waals surface area contributed by atoms with Gasteiger partial charge >= 0.3 is 0 Å². The molecule has 0 aliphatic carbocycles. The number of imide groups is 1. The number of benzene rings is 2. The average molecular weight is 501 g/mol. The van der Waals surface area contributed by atoms with E-state index in [0.717, 1.165) is 33.8 Å². The van der Waals surface area contributed by atoms with E-state index in [1.807, 2.05) is 25.1 Å². The largest absolute Gasteiger partial charge is 0.493 e. The first-order chi connectivity index (χ1) is 13.4. The molecule has 1 aliphatic heterocycles. The molecular formula is C20H16BrCl2NO3S. The molecule has 0 atom stereocenters. The van der Waals surface area contributed by atoms with Gasteiger partial charge in [0.25, 0.3) is 11.1 Å². The molecule has 28 heavy (non-hydrogen) atoms. The Hall–Kier alpha value is -1.47. The topological polar surface area (TPSA) is 46.6 Å². The van der Waals surface area contributed by atoms with Crippen molar-refractivity contribution in [1.82, 2.24) is 4.90 Å².